The van der Waals surface area contributed by atoms with E-state index in [0.717, 1.165) is 5.56 Å². The summed E-state index contributed by atoms with van der Waals surface area (Å²) in [6.45, 7) is 2.00. The lowest BCUT2D eigenvalue weighted by Crippen LogP contribution is -2.63. The average molecular weight is 646 g/mol. The minimum absolute atomic E-state index is 0.0317. The molecule has 12 heteroatoms. The monoisotopic (exact) mass is 645 g/mol. The zero-order chi connectivity index (χ0) is 31.5. The summed E-state index contributed by atoms with van der Waals surface area (Å²) in [5, 5.41) is 56.6. The van der Waals surface area contributed by atoms with Crippen molar-refractivity contribution in [3.8, 4) is 17.2 Å². The highest BCUT2D eigenvalue weighted by Crippen LogP contribution is 2.44. The number of carbonyl (C=O) groups excluding carboxylic acids is 1. The molecule has 1 fully saturated rings. The van der Waals surface area contributed by atoms with Crippen LogP contribution in [0.4, 0.5) is 0 Å². The van der Waals surface area contributed by atoms with Crippen LogP contribution < -0.4 is 15.2 Å². The number of phenols is 1. The summed E-state index contributed by atoms with van der Waals surface area (Å²) in [5.74, 6) is -0.161. The number of aromatic hydroxyl groups is 1. The Morgan fingerprint density at radius 1 is 1.02 bits per heavy atom. The second-order valence-electron chi connectivity index (χ2n) is 11.3. The van der Waals surface area contributed by atoms with Gasteiger partial charge < -0.3 is 45.5 Å². The normalized spacial score (nSPS) is 29.8. The third kappa shape index (κ3) is 6.68. The summed E-state index contributed by atoms with van der Waals surface area (Å²) in [4.78, 5) is 13.5. The molecule has 2 heterocycles. The molecule has 10 nitrogen and oxygen atoms in total. The summed E-state index contributed by atoms with van der Waals surface area (Å²) in [6, 6.07) is 14.7. The molecular weight excluding hydrogens is 606 g/mol. The lowest BCUT2D eigenvalue weighted by molar-refractivity contribution is -0.291. The maximum atomic E-state index is 13.5. The number of rotatable bonds is 5. The fraction of sp³-hybridized carbons (Fsp3) is 0.469. The average Bonchev–Trinajstić information content (AvgIpc) is 3.01. The predicted octanol–water partition coefficient (Wildman–Crippen LogP) is 2.95. The molecule has 44 heavy (non-hydrogen) atoms. The van der Waals surface area contributed by atoms with Crippen LogP contribution in [0.25, 0.3) is 10.8 Å². The minimum Gasteiger partial charge on any atom is -0.506 e. The van der Waals surface area contributed by atoms with E-state index in [0.29, 0.717) is 35.3 Å². The number of ether oxygens (including phenoxy) is 3. The van der Waals surface area contributed by atoms with Crippen molar-refractivity contribution < 1.29 is 44.5 Å². The molecular formula is C32H39NO9S2. The highest BCUT2D eigenvalue weighted by atomic mass is 33.1. The first-order valence-corrected chi connectivity index (χ1v) is 17.0. The molecule has 0 radical (unpaired) electrons. The zero-order valence-electron chi connectivity index (χ0n) is 24.5. The number of aliphatic hydroxyl groups is 4. The Morgan fingerprint density at radius 2 is 1.77 bits per heavy atom. The van der Waals surface area contributed by atoms with Gasteiger partial charge in [-0.25, -0.2) is 0 Å². The molecule has 0 saturated carbocycles. The van der Waals surface area contributed by atoms with Crippen LogP contribution in [0.5, 0.6) is 17.2 Å². The van der Waals surface area contributed by atoms with Gasteiger partial charge in [0.15, 0.2) is 5.78 Å². The Morgan fingerprint density at radius 3 is 2.48 bits per heavy atom. The predicted molar refractivity (Wildman–Crippen MR) is 170 cm³/mol. The van der Waals surface area contributed by atoms with Gasteiger partial charge in [-0.05, 0) is 48.9 Å². The first kappa shape index (κ1) is 32.8. The van der Waals surface area contributed by atoms with Gasteiger partial charge >= 0.3 is 0 Å². The van der Waals surface area contributed by atoms with E-state index in [1.165, 1.54) is 34.8 Å². The van der Waals surface area contributed by atoms with Crippen molar-refractivity contribution in [3.05, 3.63) is 65.2 Å². The number of aliphatic hydroxyl groups excluding tert-OH is 4. The Kier molecular flexibility index (Phi) is 10.6. The molecule has 3 aromatic carbocycles. The van der Waals surface area contributed by atoms with Gasteiger partial charge in [0.2, 0.25) is 6.29 Å². The molecule has 238 valence electrons. The second-order valence-corrected chi connectivity index (χ2v) is 14.0. The molecule has 1 saturated heterocycles. The number of Topliss-reactive ketones (excluding diaryl/α,β-unsaturated/α-hetero) is 1. The third-order valence-electron chi connectivity index (χ3n) is 8.35. The van der Waals surface area contributed by atoms with Crippen LogP contribution >= 0.6 is 21.6 Å². The molecule has 0 aromatic heterocycles. The summed E-state index contributed by atoms with van der Waals surface area (Å²) < 4.78 is 17.6. The molecule has 0 aliphatic carbocycles. The van der Waals surface area contributed by atoms with E-state index in [1.807, 2.05) is 30.3 Å². The van der Waals surface area contributed by atoms with Crippen molar-refractivity contribution in [1.29, 1.82) is 0 Å². The second kappa shape index (κ2) is 14.3. The number of ketones is 1. The number of methoxy groups -OCH3 is 1. The van der Waals surface area contributed by atoms with Crippen LogP contribution in [-0.2, 0) is 11.2 Å². The van der Waals surface area contributed by atoms with E-state index < -0.39 is 42.7 Å². The number of benzene rings is 3. The van der Waals surface area contributed by atoms with Gasteiger partial charge in [0.25, 0.3) is 0 Å². The van der Waals surface area contributed by atoms with Gasteiger partial charge in [-0.15, -0.1) is 0 Å². The number of aryl methyl sites for hydroxylation is 1. The maximum absolute atomic E-state index is 13.5. The Labute approximate surface area is 263 Å². The minimum atomic E-state index is -1.72. The van der Waals surface area contributed by atoms with Gasteiger partial charge in [-0.3, -0.25) is 4.79 Å². The Bertz CT molecular complexity index is 1460. The van der Waals surface area contributed by atoms with Gasteiger partial charge in [0, 0.05) is 29.4 Å². The van der Waals surface area contributed by atoms with Crippen molar-refractivity contribution in [1.82, 2.24) is 0 Å². The molecule has 2 aliphatic rings. The van der Waals surface area contributed by atoms with Gasteiger partial charge in [-0.1, -0.05) is 58.0 Å². The smallest absolute Gasteiger partial charge is 0.229 e. The van der Waals surface area contributed by atoms with E-state index in [-0.39, 0.29) is 46.4 Å². The van der Waals surface area contributed by atoms with E-state index >= 15 is 0 Å². The quantitative estimate of drug-likeness (QED) is 0.225. The molecule has 4 bridgehead atoms. The summed E-state index contributed by atoms with van der Waals surface area (Å²) in [5.41, 5.74) is 7.80. The number of hydrogen-bond acceptors (Lipinski definition) is 12. The lowest BCUT2D eigenvalue weighted by Gasteiger charge is -2.44. The molecule has 8 atom stereocenters. The Hall–Kier alpha value is -2.55. The zero-order valence-corrected chi connectivity index (χ0v) is 26.2. The van der Waals surface area contributed by atoms with E-state index in [1.54, 1.807) is 19.1 Å². The molecule has 8 unspecified atom stereocenters. The first-order chi connectivity index (χ1) is 21.1. The SMILES string of the molecule is COc1cc2c3c(O)c(c(C)cc3c1)C(=O)CCSSC(Cc1ccccc1)C(CCN)C(O)C1OC(O2)C(O)C(O)C1O. The van der Waals surface area contributed by atoms with Gasteiger partial charge in [0.1, 0.15) is 41.7 Å². The van der Waals surface area contributed by atoms with Crippen LogP contribution in [0.15, 0.2) is 48.5 Å². The van der Waals surface area contributed by atoms with Crippen molar-refractivity contribution in [2.75, 3.05) is 19.4 Å². The topological polar surface area (TPSA) is 172 Å². The number of carbonyl (C=O) groups is 1. The Balaban J connectivity index is 1.61. The number of nitrogens with two attached hydrogens (primary N) is 1. The fourth-order valence-electron chi connectivity index (χ4n) is 6.05. The molecule has 2 aliphatic heterocycles. The largest absolute Gasteiger partial charge is 0.506 e. The van der Waals surface area contributed by atoms with E-state index in [4.69, 9.17) is 19.9 Å². The van der Waals surface area contributed by atoms with Crippen LogP contribution in [0.3, 0.4) is 0 Å². The van der Waals surface area contributed by atoms with E-state index in [9.17, 15) is 30.3 Å². The summed E-state index contributed by atoms with van der Waals surface area (Å²) >= 11 is 0. The molecule has 7 N–H and O–H groups in total. The molecule has 5 rings (SSSR count). The van der Waals surface area contributed by atoms with Crippen molar-refractivity contribution in [2.45, 2.75) is 68.2 Å². The number of fused-ring (bicyclic) bond motifs is 3. The fourth-order valence-corrected chi connectivity index (χ4v) is 8.98. The van der Waals surface area contributed by atoms with Gasteiger partial charge in [-0.2, -0.15) is 0 Å². The van der Waals surface area contributed by atoms with Crippen LogP contribution in [-0.4, -0.2) is 92.8 Å². The molecule has 3 aromatic rings. The van der Waals surface area contributed by atoms with Crippen molar-refractivity contribution in [2.24, 2.45) is 11.7 Å². The first-order valence-electron chi connectivity index (χ1n) is 14.6. The summed E-state index contributed by atoms with van der Waals surface area (Å²) in [7, 11) is 4.46. The molecule has 0 amide bonds. The standard InChI is InChI=1S/C32H39NO9S2/c1-16-12-18-14-19(40-2)15-22-25(18)27(36)24(16)21(34)9-11-43-44-23(13-17-6-4-3-5-7-17)20(8-10-33)26(35)31-29(38)28(37)30(39)32(41-22)42-31/h3-7,12,14-15,20,23,26,28-32,35-39H,8-11,13,33H2,1-2H3. The summed E-state index contributed by atoms with van der Waals surface area (Å²) in [6.07, 6.45) is -8.14. The molecule has 0 spiro atoms. The highest BCUT2D eigenvalue weighted by molar-refractivity contribution is 8.76. The lowest BCUT2D eigenvalue weighted by atomic mass is 9.84. The van der Waals surface area contributed by atoms with Crippen LogP contribution in [0.1, 0.15) is 34.3 Å². The van der Waals surface area contributed by atoms with Gasteiger partial charge in [0.05, 0.1) is 24.2 Å². The number of phenolic OH excluding ortho intramolecular Hbond substituents is 1. The number of hydrogen-bond donors (Lipinski definition) is 6. The van der Waals surface area contributed by atoms with E-state index in [2.05, 4.69) is 0 Å². The van der Waals surface area contributed by atoms with Crippen molar-refractivity contribution in [3.63, 3.8) is 0 Å². The maximum Gasteiger partial charge on any atom is 0.229 e. The third-order valence-corrected chi connectivity index (χ3v) is 11.3. The van der Waals surface area contributed by atoms with Crippen LogP contribution in [0, 0.1) is 12.8 Å². The van der Waals surface area contributed by atoms with Crippen molar-refractivity contribution >= 4 is 38.1 Å². The highest BCUT2D eigenvalue weighted by Gasteiger charge is 2.50. The van der Waals surface area contributed by atoms with Crippen LogP contribution in [0.2, 0.25) is 0 Å².